The van der Waals surface area contributed by atoms with Gasteiger partial charge in [-0.3, -0.25) is 4.79 Å². The van der Waals surface area contributed by atoms with Gasteiger partial charge in [0.2, 0.25) is 5.91 Å². The lowest BCUT2D eigenvalue weighted by atomic mass is 10.1. The van der Waals surface area contributed by atoms with Gasteiger partial charge in [0.05, 0.1) is 6.26 Å². The topological polar surface area (TPSA) is 68.3 Å². The number of anilines is 1. The first kappa shape index (κ1) is 13.2. The van der Waals surface area contributed by atoms with E-state index in [4.69, 9.17) is 10.2 Å². The summed E-state index contributed by atoms with van der Waals surface area (Å²) >= 11 is 0. The Kier molecular flexibility index (Phi) is 4.23. The van der Waals surface area contributed by atoms with Gasteiger partial charge in [0.25, 0.3) is 0 Å². The lowest BCUT2D eigenvalue weighted by Crippen LogP contribution is -2.16. The number of hydrogen-bond acceptors (Lipinski definition) is 3. The molecule has 0 aliphatic heterocycles. The second-order valence-corrected chi connectivity index (χ2v) is 4.61. The van der Waals surface area contributed by atoms with E-state index in [0.717, 1.165) is 24.3 Å². The minimum absolute atomic E-state index is 0.324. The molecule has 1 heterocycles. The largest absolute Gasteiger partial charge is 0.469 e. The Labute approximate surface area is 112 Å². The van der Waals surface area contributed by atoms with Gasteiger partial charge in [0.15, 0.2) is 0 Å². The molecule has 0 fully saturated rings. The smallest absolute Gasteiger partial charge is 0.248 e. The van der Waals surface area contributed by atoms with Crippen LogP contribution in [-0.4, -0.2) is 11.9 Å². The molecule has 2 aromatic rings. The molecular formula is C15H18N2O2. The van der Waals surface area contributed by atoms with E-state index in [1.807, 2.05) is 24.3 Å². The Morgan fingerprint density at radius 2 is 2.05 bits per heavy atom. The summed E-state index contributed by atoms with van der Waals surface area (Å²) in [6, 6.07) is 11.4. The van der Waals surface area contributed by atoms with E-state index in [9.17, 15) is 4.79 Å². The molecule has 0 bridgehead atoms. The van der Waals surface area contributed by atoms with Crippen LogP contribution in [0.15, 0.2) is 47.1 Å². The molecular weight excluding hydrogens is 240 g/mol. The highest BCUT2D eigenvalue weighted by molar-refractivity contribution is 5.93. The van der Waals surface area contributed by atoms with Crippen LogP contribution in [-0.2, 0) is 6.42 Å². The Balaban J connectivity index is 1.84. The van der Waals surface area contributed by atoms with E-state index in [1.54, 1.807) is 18.4 Å². The number of carbonyl (C=O) groups excluding carboxylic acids is 1. The molecule has 3 N–H and O–H groups in total. The highest BCUT2D eigenvalue weighted by Crippen LogP contribution is 2.13. The average Bonchev–Trinajstić information content (AvgIpc) is 2.90. The Morgan fingerprint density at radius 1 is 1.32 bits per heavy atom. The van der Waals surface area contributed by atoms with Crippen LogP contribution in [0.5, 0.6) is 0 Å². The maximum Gasteiger partial charge on any atom is 0.248 e. The summed E-state index contributed by atoms with van der Waals surface area (Å²) in [7, 11) is 0. The summed E-state index contributed by atoms with van der Waals surface area (Å²) in [4.78, 5) is 11.0. The van der Waals surface area contributed by atoms with E-state index in [2.05, 4.69) is 12.2 Å². The third-order valence-electron chi connectivity index (χ3n) is 2.99. The number of furan rings is 1. The first-order valence-electron chi connectivity index (χ1n) is 6.34. The van der Waals surface area contributed by atoms with Crippen molar-refractivity contribution in [2.75, 3.05) is 5.32 Å². The second kappa shape index (κ2) is 6.09. The monoisotopic (exact) mass is 258 g/mol. The zero-order valence-corrected chi connectivity index (χ0v) is 10.9. The van der Waals surface area contributed by atoms with Gasteiger partial charge < -0.3 is 15.5 Å². The van der Waals surface area contributed by atoms with Crippen molar-refractivity contribution in [2.24, 2.45) is 5.73 Å². The summed E-state index contributed by atoms with van der Waals surface area (Å²) in [5, 5.41) is 3.38. The molecule has 1 aromatic heterocycles. The van der Waals surface area contributed by atoms with Crippen LogP contribution in [0.4, 0.5) is 5.69 Å². The first-order valence-corrected chi connectivity index (χ1v) is 6.34. The van der Waals surface area contributed by atoms with Crippen LogP contribution in [0.2, 0.25) is 0 Å². The van der Waals surface area contributed by atoms with Crippen molar-refractivity contribution < 1.29 is 9.21 Å². The maximum absolute atomic E-state index is 11.0. The minimum atomic E-state index is -0.405. The Bertz CT molecular complexity index is 518. The molecule has 4 heteroatoms. The van der Waals surface area contributed by atoms with E-state index in [0.29, 0.717) is 11.6 Å². The molecule has 4 nitrogen and oxygen atoms in total. The predicted molar refractivity (Wildman–Crippen MR) is 75.1 cm³/mol. The summed E-state index contributed by atoms with van der Waals surface area (Å²) in [5.41, 5.74) is 6.70. The summed E-state index contributed by atoms with van der Waals surface area (Å²) in [5.74, 6) is 0.593. The van der Waals surface area contributed by atoms with E-state index < -0.39 is 5.91 Å². The van der Waals surface area contributed by atoms with Gasteiger partial charge in [-0.2, -0.15) is 0 Å². The van der Waals surface area contributed by atoms with Crippen molar-refractivity contribution in [2.45, 2.75) is 25.8 Å². The van der Waals surface area contributed by atoms with Crippen molar-refractivity contribution in [3.05, 3.63) is 54.0 Å². The number of hydrogen-bond donors (Lipinski definition) is 2. The van der Waals surface area contributed by atoms with E-state index in [1.165, 1.54) is 0 Å². The number of nitrogens with one attached hydrogen (secondary N) is 1. The van der Waals surface area contributed by atoms with Crippen LogP contribution in [0.1, 0.15) is 29.5 Å². The van der Waals surface area contributed by atoms with Crippen molar-refractivity contribution in [1.82, 2.24) is 0 Å². The standard InChI is InChI=1S/C15H18N2O2/c1-11(4-9-14-3-2-10-19-14)17-13-7-5-12(6-8-13)15(16)18/h2-3,5-8,10-11,17H,4,9H2,1H3,(H2,16,18)/t11-/m0/s1. The number of amides is 1. The molecule has 1 atom stereocenters. The van der Waals surface area contributed by atoms with E-state index >= 15 is 0 Å². The fraction of sp³-hybridized carbons (Fsp3) is 0.267. The van der Waals surface area contributed by atoms with Gasteiger partial charge in [-0.25, -0.2) is 0 Å². The van der Waals surface area contributed by atoms with Gasteiger partial charge in [-0.15, -0.1) is 0 Å². The number of nitrogens with two attached hydrogens (primary N) is 1. The molecule has 0 aliphatic carbocycles. The molecule has 0 radical (unpaired) electrons. The van der Waals surface area contributed by atoms with Crippen LogP contribution in [0.25, 0.3) is 0 Å². The molecule has 19 heavy (non-hydrogen) atoms. The predicted octanol–water partition coefficient (Wildman–Crippen LogP) is 2.81. The molecule has 0 saturated heterocycles. The van der Waals surface area contributed by atoms with Crippen molar-refractivity contribution in [3.8, 4) is 0 Å². The number of benzene rings is 1. The maximum atomic E-state index is 11.0. The van der Waals surface area contributed by atoms with Gasteiger partial charge in [-0.1, -0.05) is 0 Å². The minimum Gasteiger partial charge on any atom is -0.469 e. The molecule has 0 spiro atoms. The third-order valence-corrected chi connectivity index (χ3v) is 2.99. The summed E-state index contributed by atoms with van der Waals surface area (Å²) < 4.78 is 5.30. The molecule has 0 aliphatic rings. The zero-order valence-electron chi connectivity index (χ0n) is 10.9. The highest BCUT2D eigenvalue weighted by atomic mass is 16.3. The molecule has 0 saturated carbocycles. The number of aryl methyl sites for hydroxylation is 1. The third kappa shape index (κ3) is 3.88. The fourth-order valence-electron chi connectivity index (χ4n) is 1.90. The lowest BCUT2D eigenvalue weighted by molar-refractivity contribution is 0.100. The van der Waals surface area contributed by atoms with Crippen LogP contribution >= 0.6 is 0 Å². The van der Waals surface area contributed by atoms with Crippen molar-refractivity contribution in [1.29, 1.82) is 0 Å². The normalized spacial score (nSPS) is 12.1. The van der Waals surface area contributed by atoms with Gasteiger partial charge in [0.1, 0.15) is 5.76 Å². The fourth-order valence-corrected chi connectivity index (χ4v) is 1.90. The van der Waals surface area contributed by atoms with Crippen molar-refractivity contribution in [3.63, 3.8) is 0 Å². The average molecular weight is 258 g/mol. The lowest BCUT2D eigenvalue weighted by Gasteiger charge is -2.14. The van der Waals surface area contributed by atoms with Crippen LogP contribution < -0.4 is 11.1 Å². The van der Waals surface area contributed by atoms with Gasteiger partial charge in [0, 0.05) is 23.7 Å². The van der Waals surface area contributed by atoms with Crippen molar-refractivity contribution >= 4 is 11.6 Å². The van der Waals surface area contributed by atoms with Crippen LogP contribution in [0.3, 0.4) is 0 Å². The summed E-state index contributed by atoms with van der Waals surface area (Å²) in [6.45, 7) is 2.12. The molecule has 0 unspecified atom stereocenters. The van der Waals surface area contributed by atoms with E-state index in [-0.39, 0.29) is 0 Å². The second-order valence-electron chi connectivity index (χ2n) is 4.61. The van der Waals surface area contributed by atoms with Gasteiger partial charge >= 0.3 is 0 Å². The molecule has 1 aromatic carbocycles. The summed E-state index contributed by atoms with van der Waals surface area (Å²) in [6.07, 6.45) is 3.57. The SMILES string of the molecule is C[C@@H](CCc1ccco1)Nc1ccc(C(N)=O)cc1. The zero-order chi connectivity index (χ0) is 13.7. The molecule has 2 rings (SSSR count). The molecule has 1 amide bonds. The van der Waals surface area contributed by atoms with Crippen LogP contribution in [0, 0.1) is 0 Å². The number of carbonyl (C=O) groups is 1. The Morgan fingerprint density at radius 3 is 2.63 bits per heavy atom. The Hall–Kier alpha value is -2.23. The number of primary amides is 1. The number of rotatable bonds is 6. The first-order chi connectivity index (χ1) is 9.15. The van der Waals surface area contributed by atoms with Gasteiger partial charge in [-0.05, 0) is 49.7 Å². The quantitative estimate of drug-likeness (QED) is 0.837. The molecule has 100 valence electrons. The highest BCUT2D eigenvalue weighted by Gasteiger charge is 2.05.